The van der Waals surface area contributed by atoms with E-state index >= 15 is 0 Å². The van der Waals surface area contributed by atoms with Crippen LogP contribution < -0.4 is 5.32 Å². The zero-order valence-corrected chi connectivity index (χ0v) is 13.9. The number of hydrogen-bond donors (Lipinski definition) is 1. The third-order valence-corrected chi connectivity index (χ3v) is 3.93. The fraction of sp³-hybridized carbons (Fsp3) is 0.143. The van der Waals surface area contributed by atoms with Gasteiger partial charge in [-0.1, -0.05) is 60.7 Å². The number of carbonyl (C=O) groups is 2. The van der Waals surface area contributed by atoms with Crippen LogP contribution in [0.3, 0.4) is 0 Å². The molecule has 0 bridgehead atoms. The van der Waals surface area contributed by atoms with E-state index in [9.17, 15) is 9.59 Å². The van der Waals surface area contributed by atoms with Crippen LogP contribution in [0.15, 0.2) is 72.8 Å². The predicted octanol–water partition coefficient (Wildman–Crippen LogP) is 3.95. The van der Waals surface area contributed by atoms with Crippen molar-refractivity contribution in [1.29, 1.82) is 0 Å². The highest BCUT2D eigenvalue weighted by atomic mass is 16.5. The van der Waals surface area contributed by atoms with E-state index in [-0.39, 0.29) is 12.3 Å². The Labute approximate surface area is 146 Å². The first kappa shape index (κ1) is 16.7. The number of amides is 1. The van der Waals surface area contributed by atoms with Gasteiger partial charge in [-0.3, -0.25) is 9.59 Å². The highest BCUT2D eigenvalue weighted by Gasteiger charge is 2.18. The van der Waals surface area contributed by atoms with Gasteiger partial charge < -0.3 is 10.1 Å². The average Bonchev–Trinajstić information content (AvgIpc) is 2.63. The number of nitrogens with one attached hydrogen (secondary N) is 1. The van der Waals surface area contributed by atoms with Crippen LogP contribution in [0.4, 0.5) is 5.69 Å². The highest BCUT2D eigenvalue weighted by Crippen LogP contribution is 2.19. The fourth-order valence-corrected chi connectivity index (χ4v) is 2.66. The van der Waals surface area contributed by atoms with E-state index in [2.05, 4.69) is 5.32 Å². The highest BCUT2D eigenvalue weighted by molar-refractivity contribution is 5.95. The van der Waals surface area contributed by atoms with Crippen molar-refractivity contribution in [3.8, 4) is 0 Å². The van der Waals surface area contributed by atoms with E-state index in [0.717, 1.165) is 16.3 Å². The molecule has 0 aliphatic carbocycles. The number of ether oxygens (including phenoxy) is 1. The smallest absolute Gasteiger partial charge is 0.311 e. The van der Waals surface area contributed by atoms with Crippen molar-refractivity contribution in [2.75, 3.05) is 5.32 Å². The average molecular weight is 333 g/mol. The molecule has 0 heterocycles. The van der Waals surface area contributed by atoms with Gasteiger partial charge in [0, 0.05) is 5.69 Å². The summed E-state index contributed by atoms with van der Waals surface area (Å²) in [7, 11) is 0. The van der Waals surface area contributed by atoms with E-state index in [1.165, 1.54) is 0 Å². The molecule has 4 nitrogen and oxygen atoms in total. The Morgan fingerprint density at radius 2 is 1.60 bits per heavy atom. The summed E-state index contributed by atoms with van der Waals surface area (Å²) in [6.45, 7) is 1.57. The normalized spacial score (nSPS) is 11.7. The Bertz CT molecular complexity index is 885. The molecule has 1 unspecified atom stereocenters. The zero-order valence-electron chi connectivity index (χ0n) is 13.9. The molecule has 0 saturated carbocycles. The van der Waals surface area contributed by atoms with E-state index in [1.807, 2.05) is 60.7 Å². The topological polar surface area (TPSA) is 55.4 Å². The molecule has 4 heteroatoms. The quantitative estimate of drug-likeness (QED) is 0.719. The molecule has 0 radical (unpaired) electrons. The Morgan fingerprint density at radius 3 is 2.40 bits per heavy atom. The van der Waals surface area contributed by atoms with Gasteiger partial charge in [0.05, 0.1) is 6.42 Å². The number of carbonyl (C=O) groups excluding carboxylic acids is 2. The number of hydrogen-bond acceptors (Lipinski definition) is 3. The van der Waals surface area contributed by atoms with Crippen molar-refractivity contribution in [2.45, 2.75) is 19.4 Å². The van der Waals surface area contributed by atoms with Crippen LogP contribution in [0.1, 0.15) is 12.5 Å². The van der Waals surface area contributed by atoms with Gasteiger partial charge in [0.15, 0.2) is 6.10 Å². The maximum absolute atomic E-state index is 12.2. The van der Waals surface area contributed by atoms with Gasteiger partial charge in [-0.05, 0) is 35.4 Å². The molecule has 3 aromatic rings. The minimum atomic E-state index is -0.859. The van der Waals surface area contributed by atoms with Crippen LogP contribution in [0.5, 0.6) is 0 Å². The van der Waals surface area contributed by atoms with Crippen LogP contribution in [-0.2, 0) is 20.7 Å². The third-order valence-electron chi connectivity index (χ3n) is 3.93. The standard InChI is InChI=1S/C21H19NO3/c1-15(21(24)22-18-11-3-2-4-12-18)25-20(23)14-17-10-7-9-16-8-5-6-13-19(16)17/h2-13,15H,14H2,1H3,(H,22,24). The van der Waals surface area contributed by atoms with Gasteiger partial charge >= 0.3 is 5.97 Å². The Kier molecular flexibility index (Phi) is 5.09. The lowest BCUT2D eigenvalue weighted by molar-refractivity contribution is -0.152. The van der Waals surface area contributed by atoms with Crippen molar-refractivity contribution in [2.24, 2.45) is 0 Å². The van der Waals surface area contributed by atoms with Crippen molar-refractivity contribution in [1.82, 2.24) is 0 Å². The molecule has 0 spiro atoms. The molecule has 0 aliphatic rings. The zero-order chi connectivity index (χ0) is 17.6. The summed E-state index contributed by atoms with van der Waals surface area (Å²) in [5, 5.41) is 4.81. The van der Waals surface area contributed by atoms with Crippen LogP contribution in [0.25, 0.3) is 10.8 Å². The van der Waals surface area contributed by atoms with Crippen LogP contribution in [-0.4, -0.2) is 18.0 Å². The Morgan fingerprint density at radius 1 is 0.920 bits per heavy atom. The molecule has 0 saturated heterocycles. The molecule has 126 valence electrons. The van der Waals surface area contributed by atoms with Crippen LogP contribution >= 0.6 is 0 Å². The number of esters is 1. The van der Waals surface area contributed by atoms with Gasteiger partial charge in [0.2, 0.25) is 0 Å². The second kappa shape index (κ2) is 7.62. The number of para-hydroxylation sites is 1. The molecule has 3 aromatic carbocycles. The Hall–Kier alpha value is -3.14. The lowest BCUT2D eigenvalue weighted by Crippen LogP contribution is -2.30. The lowest BCUT2D eigenvalue weighted by atomic mass is 10.0. The summed E-state index contributed by atoms with van der Waals surface area (Å²) in [5.74, 6) is -0.774. The van der Waals surface area contributed by atoms with Gasteiger partial charge in [-0.15, -0.1) is 0 Å². The molecule has 1 amide bonds. The number of benzene rings is 3. The molecule has 1 atom stereocenters. The molecule has 0 fully saturated rings. The summed E-state index contributed by atoms with van der Waals surface area (Å²) in [4.78, 5) is 24.3. The monoisotopic (exact) mass is 333 g/mol. The summed E-state index contributed by atoms with van der Waals surface area (Å²) in [6, 6.07) is 22.8. The maximum Gasteiger partial charge on any atom is 0.311 e. The molecule has 1 N–H and O–H groups in total. The molecule has 0 aromatic heterocycles. The van der Waals surface area contributed by atoms with Gasteiger partial charge in [0.1, 0.15) is 0 Å². The first-order valence-electron chi connectivity index (χ1n) is 8.15. The summed E-state index contributed by atoms with van der Waals surface area (Å²) in [6.07, 6.45) is -0.729. The van der Waals surface area contributed by atoms with E-state index in [4.69, 9.17) is 4.74 Å². The summed E-state index contributed by atoms with van der Waals surface area (Å²) >= 11 is 0. The maximum atomic E-state index is 12.2. The Balaban J connectivity index is 1.62. The second-order valence-corrected chi connectivity index (χ2v) is 5.80. The molecular weight excluding hydrogens is 314 g/mol. The van der Waals surface area contributed by atoms with Gasteiger partial charge in [0.25, 0.3) is 5.91 Å². The molecule has 25 heavy (non-hydrogen) atoms. The van der Waals surface area contributed by atoms with E-state index in [1.54, 1.807) is 19.1 Å². The first-order chi connectivity index (χ1) is 12.1. The molecule has 3 rings (SSSR count). The predicted molar refractivity (Wildman–Crippen MR) is 98.3 cm³/mol. The van der Waals surface area contributed by atoms with Crippen molar-refractivity contribution >= 4 is 28.3 Å². The third kappa shape index (κ3) is 4.23. The fourth-order valence-electron chi connectivity index (χ4n) is 2.66. The van der Waals surface area contributed by atoms with E-state index < -0.39 is 12.1 Å². The minimum absolute atomic E-state index is 0.129. The minimum Gasteiger partial charge on any atom is -0.452 e. The van der Waals surface area contributed by atoms with Crippen LogP contribution in [0, 0.1) is 0 Å². The van der Waals surface area contributed by atoms with Crippen LogP contribution in [0.2, 0.25) is 0 Å². The lowest BCUT2D eigenvalue weighted by Gasteiger charge is -2.14. The van der Waals surface area contributed by atoms with Crippen molar-refractivity contribution in [3.63, 3.8) is 0 Å². The van der Waals surface area contributed by atoms with Gasteiger partial charge in [-0.2, -0.15) is 0 Å². The molecular formula is C21H19NO3. The number of anilines is 1. The second-order valence-electron chi connectivity index (χ2n) is 5.80. The van der Waals surface area contributed by atoms with Crippen molar-refractivity contribution < 1.29 is 14.3 Å². The molecule has 0 aliphatic heterocycles. The largest absolute Gasteiger partial charge is 0.452 e. The van der Waals surface area contributed by atoms with E-state index in [0.29, 0.717) is 5.69 Å². The SMILES string of the molecule is CC(OC(=O)Cc1cccc2ccccc12)C(=O)Nc1ccccc1. The first-order valence-corrected chi connectivity index (χ1v) is 8.15. The van der Waals surface area contributed by atoms with Gasteiger partial charge in [-0.25, -0.2) is 0 Å². The van der Waals surface area contributed by atoms with Crippen molar-refractivity contribution in [3.05, 3.63) is 78.4 Å². The number of fused-ring (bicyclic) bond motifs is 1. The summed E-state index contributed by atoms with van der Waals surface area (Å²) < 4.78 is 5.29. The number of rotatable bonds is 5. The summed E-state index contributed by atoms with van der Waals surface area (Å²) in [5.41, 5.74) is 1.56.